The number of hydrogen-bond donors (Lipinski definition) is 1. The quantitative estimate of drug-likeness (QED) is 0.710. The molecule has 1 N–H and O–H groups in total. The lowest BCUT2D eigenvalue weighted by Gasteiger charge is -2.15. The third-order valence-electron chi connectivity index (χ3n) is 3.09. The van der Waals surface area contributed by atoms with Crippen LogP contribution in [0.2, 0.25) is 0 Å². The number of hydrogen-bond acceptors (Lipinski definition) is 4. The zero-order chi connectivity index (χ0) is 15.0. The van der Waals surface area contributed by atoms with Crippen molar-refractivity contribution in [3.63, 3.8) is 0 Å². The van der Waals surface area contributed by atoms with Crippen molar-refractivity contribution in [1.82, 2.24) is 5.32 Å². The van der Waals surface area contributed by atoms with E-state index >= 15 is 0 Å². The predicted octanol–water partition coefficient (Wildman–Crippen LogP) is 2.18. The van der Waals surface area contributed by atoms with Gasteiger partial charge in [-0.15, -0.1) is 0 Å². The second kappa shape index (κ2) is 8.27. The highest BCUT2D eigenvalue weighted by molar-refractivity contribution is 7.91. The Balaban J connectivity index is 2.17. The topological polar surface area (TPSA) is 55.4 Å². The van der Waals surface area contributed by atoms with E-state index in [0.717, 1.165) is 5.75 Å². The zero-order valence-electron chi connectivity index (χ0n) is 12.6. The van der Waals surface area contributed by atoms with Crippen LogP contribution in [0.1, 0.15) is 25.8 Å². The van der Waals surface area contributed by atoms with Crippen LogP contribution in [0.25, 0.3) is 0 Å². The van der Waals surface area contributed by atoms with Crippen LogP contribution in [0.5, 0.6) is 5.75 Å². The maximum atomic E-state index is 11.3. The summed E-state index contributed by atoms with van der Waals surface area (Å²) in [5, 5.41) is 3.27. The van der Waals surface area contributed by atoms with Crippen LogP contribution in [-0.2, 0) is 9.84 Å². The van der Waals surface area contributed by atoms with E-state index in [1.165, 1.54) is 5.56 Å². The first-order valence-corrected chi connectivity index (χ1v) is 8.88. The summed E-state index contributed by atoms with van der Waals surface area (Å²) in [5.41, 5.74) is 1.21. The summed E-state index contributed by atoms with van der Waals surface area (Å²) >= 11 is 0. The molecular weight excluding hydrogens is 274 g/mol. The summed E-state index contributed by atoms with van der Waals surface area (Å²) in [6.07, 6.45) is 0.644. The number of benzene rings is 1. The van der Waals surface area contributed by atoms with Gasteiger partial charge >= 0.3 is 0 Å². The molecule has 1 aromatic carbocycles. The molecule has 0 radical (unpaired) electrons. The minimum atomic E-state index is -2.85. The molecule has 0 saturated carbocycles. The maximum absolute atomic E-state index is 11.3. The first-order chi connectivity index (χ1) is 9.43. The average molecular weight is 299 g/mol. The maximum Gasteiger partial charge on any atom is 0.150 e. The van der Waals surface area contributed by atoms with Crippen molar-refractivity contribution in [2.75, 3.05) is 24.7 Å². The smallest absolute Gasteiger partial charge is 0.150 e. The largest absolute Gasteiger partial charge is 0.492 e. The minimum Gasteiger partial charge on any atom is -0.492 e. The summed E-state index contributed by atoms with van der Waals surface area (Å²) in [7, 11) is -2.85. The van der Waals surface area contributed by atoms with Crippen LogP contribution in [0.15, 0.2) is 24.3 Å². The van der Waals surface area contributed by atoms with Crippen molar-refractivity contribution in [3.05, 3.63) is 29.8 Å². The van der Waals surface area contributed by atoms with E-state index in [4.69, 9.17) is 4.74 Å². The summed E-state index contributed by atoms with van der Waals surface area (Å²) in [4.78, 5) is 0. The highest BCUT2D eigenvalue weighted by Crippen LogP contribution is 2.11. The van der Waals surface area contributed by atoms with Gasteiger partial charge in [-0.1, -0.05) is 24.6 Å². The molecule has 0 aliphatic carbocycles. The third kappa shape index (κ3) is 6.91. The highest BCUT2D eigenvalue weighted by atomic mass is 32.2. The van der Waals surface area contributed by atoms with E-state index in [-0.39, 0.29) is 17.5 Å². The molecule has 20 heavy (non-hydrogen) atoms. The van der Waals surface area contributed by atoms with E-state index in [2.05, 4.69) is 5.32 Å². The molecule has 1 rings (SSSR count). The molecule has 0 spiro atoms. The molecule has 5 heteroatoms. The van der Waals surface area contributed by atoms with E-state index in [1.54, 1.807) is 6.92 Å². The molecular formula is C15H25NO3S. The Morgan fingerprint density at radius 1 is 1.25 bits per heavy atom. The molecule has 0 aromatic heterocycles. The Kier molecular flexibility index (Phi) is 7.02. The minimum absolute atomic E-state index is 0.195. The lowest BCUT2D eigenvalue weighted by atomic mass is 10.2. The van der Waals surface area contributed by atoms with Gasteiger partial charge in [-0.2, -0.15) is 0 Å². The fraction of sp³-hybridized carbons (Fsp3) is 0.600. The summed E-state index contributed by atoms with van der Waals surface area (Å²) in [6, 6.07) is 8.14. The normalized spacial score (nSPS) is 13.2. The Hall–Kier alpha value is -1.07. The van der Waals surface area contributed by atoms with Crippen LogP contribution in [0.3, 0.4) is 0 Å². The number of ether oxygens (including phenoxy) is 1. The van der Waals surface area contributed by atoms with Gasteiger partial charge in [-0.3, -0.25) is 0 Å². The van der Waals surface area contributed by atoms with E-state index in [1.807, 2.05) is 38.1 Å². The molecule has 4 nitrogen and oxygen atoms in total. The van der Waals surface area contributed by atoms with Crippen LogP contribution >= 0.6 is 0 Å². The summed E-state index contributed by atoms with van der Waals surface area (Å²) in [6.45, 7) is 7.02. The molecule has 0 fully saturated rings. The van der Waals surface area contributed by atoms with Gasteiger partial charge in [0, 0.05) is 11.8 Å². The summed E-state index contributed by atoms with van der Waals surface area (Å²) in [5.74, 6) is 1.33. The molecule has 0 aliphatic heterocycles. The SMILES string of the molecule is CCS(=O)(=O)CCCNC(C)COc1ccc(C)cc1. The summed E-state index contributed by atoms with van der Waals surface area (Å²) < 4.78 is 28.3. The predicted molar refractivity (Wildman–Crippen MR) is 83.1 cm³/mol. The Labute approximate surface area is 122 Å². The van der Waals surface area contributed by atoms with Crippen LogP contribution < -0.4 is 10.1 Å². The Bertz CT molecular complexity index is 482. The number of rotatable bonds is 9. The van der Waals surface area contributed by atoms with Crippen LogP contribution in [-0.4, -0.2) is 39.1 Å². The first kappa shape index (κ1) is 17.0. The third-order valence-corrected chi connectivity index (χ3v) is 4.88. The molecule has 0 heterocycles. The second-order valence-corrected chi connectivity index (χ2v) is 7.54. The van der Waals surface area contributed by atoms with Gasteiger partial charge in [0.25, 0.3) is 0 Å². The molecule has 114 valence electrons. The van der Waals surface area contributed by atoms with Crippen molar-refractivity contribution >= 4 is 9.84 Å². The van der Waals surface area contributed by atoms with Crippen molar-refractivity contribution < 1.29 is 13.2 Å². The molecule has 1 aromatic rings. The van der Waals surface area contributed by atoms with E-state index < -0.39 is 9.84 Å². The molecule has 0 aliphatic rings. The van der Waals surface area contributed by atoms with E-state index in [9.17, 15) is 8.42 Å². The number of sulfone groups is 1. The Morgan fingerprint density at radius 3 is 2.50 bits per heavy atom. The zero-order valence-corrected chi connectivity index (χ0v) is 13.4. The van der Waals surface area contributed by atoms with Crippen molar-refractivity contribution in [3.8, 4) is 5.75 Å². The first-order valence-electron chi connectivity index (χ1n) is 7.06. The molecule has 0 saturated heterocycles. The standard InChI is InChI=1S/C15H25NO3S/c1-4-20(17,18)11-5-10-16-14(3)12-19-15-8-6-13(2)7-9-15/h6-9,14,16H,4-5,10-12H2,1-3H3. The van der Waals surface area contributed by atoms with Crippen LogP contribution in [0, 0.1) is 6.92 Å². The number of aryl methyl sites for hydroxylation is 1. The van der Waals surface area contributed by atoms with Gasteiger partial charge in [0.2, 0.25) is 0 Å². The van der Waals surface area contributed by atoms with Crippen molar-refractivity contribution in [1.29, 1.82) is 0 Å². The average Bonchev–Trinajstić information content (AvgIpc) is 2.43. The fourth-order valence-electron chi connectivity index (χ4n) is 1.70. The van der Waals surface area contributed by atoms with Gasteiger partial charge in [0.15, 0.2) is 0 Å². The van der Waals surface area contributed by atoms with Crippen molar-refractivity contribution in [2.24, 2.45) is 0 Å². The van der Waals surface area contributed by atoms with E-state index in [0.29, 0.717) is 19.6 Å². The lowest BCUT2D eigenvalue weighted by Crippen LogP contribution is -2.33. The molecule has 1 atom stereocenters. The monoisotopic (exact) mass is 299 g/mol. The second-order valence-electron chi connectivity index (χ2n) is 5.07. The van der Waals surface area contributed by atoms with Gasteiger partial charge in [-0.05, 0) is 38.9 Å². The highest BCUT2D eigenvalue weighted by Gasteiger charge is 2.07. The Morgan fingerprint density at radius 2 is 1.90 bits per heavy atom. The van der Waals surface area contributed by atoms with Gasteiger partial charge < -0.3 is 10.1 Å². The molecule has 1 unspecified atom stereocenters. The van der Waals surface area contributed by atoms with Gasteiger partial charge in [0.1, 0.15) is 22.2 Å². The molecule has 0 amide bonds. The van der Waals surface area contributed by atoms with Gasteiger partial charge in [0.05, 0.1) is 5.75 Å². The number of nitrogens with one attached hydrogen (secondary N) is 1. The fourth-order valence-corrected chi connectivity index (χ4v) is 2.57. The molecule has 0 bridgehead atoms. The lowest BCUT2D eigenvalue weighted by molar-refractivity contribution is 0.273. The van der Waals surface area contributed by atoms with Gasteiger partial charge in [-0.25, -0.2) is 8.42 Å². The van der Waals surface area contributed by atoms with Crippen molar-refractivity contribution in [2.45, 2.75) is 33.2 Å². The van der Waals surface area contributed by atoms with Crippen LogP contribution in [0.4, 0.5) is 0 Å².